The van der Waals surface area contributed by atoms with Crippen LogP contribution in [0.3, 0.4) is 0 Å². The van der Waals surface area contributed by atoms with Gasteiger partial charge in [-0.15, -0.1) is 23.5 Å². The molecule has 2 heterocycles. The van der Waals surface area contributed by atoms with Gasteiger partial charge in [0, 0.05) is 21.8 Å². The molecule has 19 heavy (non-hydrogen) atoms. The Morgan fingerprint density at radius 1 is 1.26 bits per heavy atom. The molecule has 0 fully saturated rings. The molecule has 2 aliphatic heterocycles. The van der Waals surface area contributed by atoms with Crippen LogP contribution in [0, 0.1) is 0 Å². The van der Waals surface area contributed by atoms with E-state index in [0.29, 0.717) is 0 Å². The smallest absolute Gasteiger partial charge is 0.0649 e. The fourth-order valence-electron chi connectivity index (χ4n) is 2.42. The standard InChI is InChI=1S/C14H17ClN2S2/c15-13-2-1-10-3-5-16-6-4-12(10)14(13)18-8-11-7-17-9-19-11/h1-2,7,16-17H,3-6,8-9H2. The van der Waals surface area contributed by atoms with E-state index in [1.165, 1.54) is 20.9 Å². The van der Waals surface area contributed by atoms with E-state index >= 15 is 0 Å². The van der Waals surface area contributed by atoms with Crippen LogP contribution in [0.5, 0.6) is 0 Å². The highest BCUT2D eigenvalue weighted by atomic mass is 35.5. The minimum Gasteiger partial charge on any atom is -0.381 e. The molecule has 2 nitrogen and oxygen atoms in total. The summed E-state index contributed by atoms with van der Waals surface area (Å²) in [6.45, 7) is 2.13. The Balaban J connectivity index is 1.82. The summed E-state index contributed by atoms with van der Waals surface area (Å²) in [6.07, 6.45) is 4.32. The maximum atomic E-state index is 6.42. The molecule has 0 aliphatic carbocycles. The number of hydrogen-bond acceptors (Lipinski definition) is 4. The maximum absolute atomic E-state index is 6.42. The van der Waals surface area contributed by atoms with Crippen LogP contribution in [0.4, 0.5) is 0 Å². The van der Waals surface area contributed by atoms with Crippen LogP contribution in [0.15, 0.2) is 28.1 Å². The number of benzene rings is 1. The van der Waals surface area contributed by atoms with Crippen LogP contribution < -0.4 is 10.6 Å². The third-order valence-electron chi connectivity index (χ3n) is 3.40. The Hall–Kier alpha value is -0.290. The van der Waals surface area contributed by atoms with Crippen LogP contribution in [0.2, 0.25) is 5.02 Å². The molecule has 5 heteroatoms. The summed E-state index contributed by atoms with van der Waals surface area (Å²) >= 11 is 10.2. The van der Waals surface area contributed by atoms with Crippen molar-refractivity contribution in [2.75, 3.05) is 24.7 Å². The number of hydrogen-bond donors (Lipinski definition) is 2. The van der Waals surface area contributed by atoms with E-state index in [0.717, 1.165) is 42.6 Å². The summed E-state index contributed by atoms with van der Waals surface area (Å²) in [6, 6.07) is 4.25. The molecule has 0 saturated heterocycles. The molecule has 0 spiro atoms. The first-order valence-corrected chi connectivity index (χ1v) is 8.88. The zero-order chi connectivity index (χ0) is 13.1. The third-order valence-corrected chi connectivity index (χ3v) is 6.16. The van der Waals surface area contributed by atoms with Crippen molar-refractivity contribution in [3.63, 3.8) is 0 Å². The van der Waals surface area contributed by atoms with Crippen molar-refractivity contribution in [2.45, 2.75) is 17.7 Å². The topological polar surface area (TPSA) is 24.1 Å². The number of nitrogens with one attached hydrogen (secondary N) is 2. The Bertz CT molecular complexity index is 502. The Labute approximate surface area is 127 Å². The largest absolute Gasteiger partial charge is 0.381 e. The van der Waals surface area contributed by atoms with Crippen LogP contribution in [-0.2, 0) is 12.8 Å². The summed E-state index contributed by atoms with van der Waals surface area (Å²) in [5, 5.41) is 7.61. The second kappa shape index (κ2) is 6.44. The van der Waals surface area contributed by atoms with Gasteiger partial charge in [0.25, 0.3) is 0 Å². The van der Waals surface area contributed by atoms with E-state index in [-0.39, 0.29) is 0 Å². The van der Waals surface area contributed by atoms with E-state index in [1.54, 1.807) is 0 Å². The number of halogens is 1. The fourth-order valence-corrected chi connectivity index (χ4v) is 4.78. The first-order valence-electron chi connectivity index (χ1n) is 6.53. The number of rotatable bonds is 3. The molecule has 0 unspecified atom stereocenters. The second-order valence-corrected chi connectivity index (χ2v) is 7.15. The minimum atomic E-state index is 0.905. The molecule has 1 aromatic rings. The predicted octanol–water partition coefficient (Wildman–Crippen LogP) is 3.26. The highest BCUT2D eigenvalue weighted by Gasteiger charge is 2.16. The van der Waals surface area contributed by atoms with Gasteiger partial charge in [0.15, 0.2) is 0 Å². The summed E-state index contributed by atoms with van der Waals surface area (Å²) in [4.78, 5) is 2.70. The van der Waals surface area contributed by atoms with Crippen molar-refractivity contribution in [2.24, 2.45) is 0 Å². The van der Waals surface area contributed by atoms with E-state index in [4.69, 9.17) is 11.6 Å². The van der Waals surface area contributed by atoms with Gasteiger partial charge in [-0.05, 0) is 43.1 Å². The normalized spacial score (nSPS) is 18.5. The van der Waals surface area contributed by atoms with Gasteiger partial charge in [-0.3, -0.25) is 0 Å². The highest BCUT2D eigenvalue weighted by molar-refractivity contribution is 8.06. The molecule has 3 rings (SSSR count). The summed E-state index contributed by atoms with van der Waals surface area (Å²) in [7, 11) is 0. The van der Waals surface area contributed by atoms with Gasteiger partial charge in [-0.1, -0.05) is 17.7 Å². The van der Waals surface area contributed by atoms with Crippen LogP contribution >= 0.6 is 35.1 Å². The molecular formula is C14H17ClN2S2. The summed E-state index contributed by atoms with van der Waals surface area (Å²) in [5.41, 5.74) is 2.92. The van der Waals surface area contributed by atoms with E-state index in [2.05, 4.69) is 29.0 Å². The van der Waals surface area contributed by atoms with Crippen molar-refractivity contribution in [3.05, 3.63) is 39.4 Å². The second-order valence-electron chi connectivity index (χ2n) is 4.66. The quantitative estimate of drug-likeness (QED) is 0.837. The lowest BCUT2D eigenvalue weighted by atomic mass is 10.0. The predicted molar refractivity (Wildman–Crippen MR) is 86.1 cm³/mol. The van der Waals surface area contributed by atoms with Crippen LogP contribution in [0.1, 0.15) is 11.1 Å². The molecule has 0 radical (unpaired) electrons. The molecular weight excluding hydrogens is 296 g/mol. The zero-order valence-corrected chi connectivity index (χ0v) is 13.1. The molecule has 102 valence electrons. The monoisotopic (exact) mass is 312 g/mol. The van der Waals surface area contributed by atoms with Crippen molar-refractivity contribution < 1.29 is 0 Å². The first-order chi connectivity index (χ1) is 9.34. The van der Waals surface area contributed by atoms with Gasteiger partial charge < -0.3 is 10.6 Å². The van der Waals surface area contributed by atoms with Gasteiger partial charge in [0.1, 0.15) is 0 Å². The molecule has 1 aromatic carbocycles. The van der Waals surface area contributed by atoms with Crippen molar-refractivity contribution in [3.8, 4) is 0 Å². The molecule has 2 N–H and O–H groups in total. The zero-order valence-electron chi connectivity index (χ0n) is 10.7. The SMILES string of the molecule is Clc1ccc2c(c1SCC1=CNCS1)CCNCC2. The van der Waals surface area contributed by atoms with Crippen molar-refractivity contribution in [1.82, 2.24) is 10.6 Å². The first kappa shape index (κ1) is 13.7. The fraction of sp³-hybridized carbons (Fsp3) is 0.429. The van der Waals surface area contributed by atoms with Gasteiger partial charge in [0.2, 0.25) is 0 Å². The summed E-state index contributed by atoms with van der Waals surface area (Å²) < 4.78 is 0. The Morgan fingerprint density at radius 2 is 2.16 bits per heavy atom. The van der Waals surface area contributed by atoms with Gasteiger partial charge in [-0.2, -0.15) is 0 Å². The molecule has 0 bridgehead atoms. The maximum Gasteiger partial charge on any atom is 0.0649 e. The van der Waals surface area contributed by atoms with E-state index < -0.39 is 0 Å². The Morgan fingerprint density at radius 3 is 3.00 bits per heavy atom. The lowest BCUT2D eigenvalue weighted by Gasteiger charge is -2.13. The average molecular weight is 313 g/mol. The van der Waals surface area contributed by atoms with Gasteiger partial charge in [-0.25, -0.2) is 0 Å². The minimum absolute atomic E-state index is 0.905. The highest BCUT2D eigenvalue weighted by Crippen LogP contribution is 2.36. The van der Waals surface area contributed by atoms with Crippen LogP contribution in [0.25, 0.3) is 0 Å². The third kappa shape index (κ3) is 3.24. The van der Waals surface area contributed by atoms with Crippen LogP contribution in [-0.4, -0.2) is 24.7 Å². The summed E-state index contributed by atoms with van der Waals surface area (Å²) in [5.74, 6) is 2.02. The van der Waals surface area contributed by atoms with E-state index in [9.17, 15) is 0 Å². The Kier molecular flexibility index (Phi) is 4.64. The molecule has 0 atom stereocenters. The molecule has 2 aliphatic rings. The average Bonchev–Trinajstić information content (AvgIpc) is 2.82. The van der Waals surface area contributed by atoms with E-state index in [1.807, 2.05) is 23.5 Å². The lowest BCUT2D eigenvalue weighted by Crippen LogP contribution is -2.16. The number of thioether (sulfide) groups is 2. The van der Waals surface area contributed by atoms with Gasteiger partial charge in [0.05, 0.1) is 10.9 Å². The number of fused-ring (bicyclic) bond motifs is 1. The van der Waals surface area contributed by atoms with Crippen molar-refractivity contribution in [1.29, 1.82) is 0 Å². The molecule has 0 aromatic heterocycles. The molecule has 0 saturated carbocycles. The van der Waals surface area contributed by atoms with Crippen molar-refractivity contribution >= 4 is 35.1 Å². The lowest BCUT2D eigenvalue weighted by molar-refractivity contribution is 0.709. The van der Waals surface area contributed by atoms with Gasteiger partial charge >= 0.3 is 0 Å². The molecule has 0 amide bonds.